The lowest BCUT2D eigenvalue weighted by Crippen LogP contribution is -2.39. The van der Waals surface area contributed by atoms with Gasteiger partial charge in [-0.3, -0.25) is 24.0 Å². The topological polar surface area (TPSA) is 105 Å². The quantitative estimate of drug-likeness (QED) is 0.239. The SMILES string of the molecule is Cc1ccc(N(C(=O)c2cccc(C(F)(F)F)c2)c2ccccc2)cc1-c1nc2cnc(NCCN3CCOCC3)nc2n(C)c1=O. The van der Waals surface area contributed by atoms with Gasteiger partial charge in [-0.25, -0.2) is 9.97 Å². The molecule has 2 aromatic heterocycles. The summed E-state index contributed by atoms with van der Waals surface area (Å²) < 4.78 is 47.3. The van der Waals surface area contributed by atoms with Crippen molar-refractivity contribution in [2.24, 2.45) is 7.05 Å². The molecule has 6 rings (SSSR count). The van der Waals surface area contributed by atoms with Crippen LogP contribution in [0.3, 0.4) is 0 Å². The van der Waals surface area contributed by atoms with E-state index < -0.39 is 23.2 Å². The predicted molar refractivity (Wildman–Crippen MR) is 173 cm³/mol. The number of ether oxygens (including phenoxy) is 1. The van der Waals surface area contributed by atoms with Crippen molar-refractivity contribution >= 4 is 34.4 Å². The number of anilines is 3. The van der Waals surface area contributed by atoms with Gasteiger partial charge in [0.15, 0.2) is 5.65 Å². The van der Waals surface area contributed by atoms with E-state index in [0.717, 1.165) is 31.8 Å². The number of aromatic nitrogens is 4. The summed E-state index contributed by atoms with van der Waals surface area (Å²) in [6.07, 6.45) is -3.06. The summed E-state index contributed by atoms with van der Waals surface area (Å²) in [4.78, 5) is 44.8. The van der Waals surface area contributed by atoms with E-state index in [0.29, 0.717) is 59.4 Å². The van der Waals surface area contributed by atoms with Gasteiger partial charge in [0.25, 0.3) is 11.5 Å². The molecule has 242 valence electrons. The van der Waals surface area contributed by atoms with E-state index in [1.165, 1.54) is 21.6 Å². The number of halogens is 3. The van der Waals surface area contributed by atoms with Gasteiger partial charge in [-0.1, -0.05) is 30.3 Å². The Hall–Kier alpha value is -5.14. The second-order valence-corrected chi connectivity index (χ2v) is 11.2. The molecule has 1 aliphatic heterocycles. The highest BCUT2D eigenvalue weighted by Gasteiger charge is 2.32. The Labute approximate surface area is 268 Å². The lowest BCUT2D eigenvalue weighted by Gasteiger charge is -2.26. The van der Waals surface area contributed by atoms with E-state index in [4.69, 9.17) is 4.74 Å². The van der Waals surface area contributed by atoms with Gasteiger partial charge in [-0.15, -0.1) is 0 Å². The lowest BCUT2D eigenvalue weighted by atomic mass is 10.0. The van der Waals surface area contributed by atoms with E-state index in [9.17, 15) is 22.8 Å². The minimum absolute atomic E-state index is 0.121. The number of amides is 1. The summed E-state index contributed by atoms with van der Waals surface area (Å²) >= 11 is 0. The van der Waals surface area contributed by atoms with Crippen molar-refractivity contribution in [3.05, 3.63) is 106 Å². The van der Waals surface area contributed by atoms with Gasteiger partial charge >= 0.3 is 6.18 Å². The molecule has 5 aromatic rings. The van der Waals surface area contributed by atoms with Crippen LogP contribution in [0.5, 0.6) is 0 Å². The van der Waals surface area contributed by atoms with Gasteiger partial charge in [-0.05, 0) is 55.0 Å². The maximum absolute atomic E-state index is 13.9. The highest BCUT2D eigenvalue weighted by atomic mass is 19.4. The van der Waals surface area contributed by atoms with E-state index in [1.54, 1.807) is 61.8 Å². The minimum atomic E-state index is -4.61. The fourth-order valence-corrected chi connectivity index (χ4v) is 5.45. The highest BCUT2D eigenvalue weighted by molar-refractivity contribution is 6.11. The molecule has 0 bridgehead atoms. The number of fused-ring (bicyclic) bond motifs is 1. The molecule has 0 spiro atoms. The summed E-state index contributed by atoms with van der Waals surface area (Å²) in [6, 6.07) is 18.0. The molecular formula is C34H32F3N7O3. The molecular weight excluding hydrogens is 611 g/mol. The molecule has 0 radical (unpaired) electrons. The first-order valence-corrected chi connectivity index (χ1v) is 15.1. The Morgan fingerprint density at radius 3 is 2.49 bits per heavy atom. The molecule has 0 aliphatic carbocycles. The van der Waals surface area contributed by atoms with E-state index in [2.05, 4.69) is 25.2 Å². The number of hydrogen-bond acceptors (Lipinski definition) is 8. The number of carbonyl (C=O) groups excluding carboxylic acids is 1. The van der Waals surface area contributed by atoms with Crippen molar-refractivity contribution in [2.75, 3.05) is 49.6 Å². The van der Waals surface area contributed by atoms with Crippen molar-refractivity contribution in [3.8, 4) is 11.3 Å². The molecule has 1 amide bonds. The van der Waals surface area contributed by atoms with Gasteiger partial charge in [0, 0.05) is 55.7 Å². The Kier molecular flexibility index (Phi) is 9.01. The maximum atomic E-state index is 13.9. The number of alkyl halides is 3. The summed E-state index contributed by atoms with van der Waals surface area (Å²) in [7, 11) is 1.60. The zero-order valence-electron chi connectivity index (χ0n) is 25.8. The smallest absolute Gasteiger partial charge is 0.379 e. The predicted octanol–water partition coefficient (Wildman–Crippen LogP) is 5.44. The number of aryl methyl sites for hydroxylation is 2. The Morgan fingerprint density at radius 1 is 0.979 bits per heavy atom. The van der Waals surface area contributed by atoms with Crippen molar-refractivity contribution in [1.82, 2.24) is 24.4 Å². The van der Waals surface area contributed by atoms with Crippen LogP contribution >= 0.6 is 0 Å². The van der Waals surface area contributed by atoms with E-state index in [1.807, 2.05) is 6.92 Å². The first-order chi connectivity index (χ1) is 22.6. The number of benzene rings is 3. The van der Waals surface area contributed by atoms with Gasteiger partial charge in [-0.2, -0.15) is 18.2 Å². The lowest BCUT2D eigenvalue weighted by molar-refractivity contribution is -0.137. The largest absolute Gasteiger partial charge is 0.416 e. The van der Waals surface area contributed by atoms with Crippen LogP contribution in [0.4, 0.5) is 30.5 Å². The molecule has 0 atom stereocenters. The molecule has 1 saturated heterocycles. The maximum Gasteiger partial charge on any atom is 0.416 e. The molecule has 10 nitrogen and oxygen atoms in total. The average molecular weight is 644 g/mol. The number of para-hydroxylation sites is 1. The second kappa shape index (κ2) is 13.3. The van der Waals surface area contributed by atoms with Crippen LogP contribution in [0.1, 0.15) is 21.5 Å². The van der Waals surface area contributed by atoms with Gasteiger partial charge in [0.2, 0.25) is 5.95 Å². The summed E-state index contributed by atoms with van der Waals surface area (Å²) in [5.41, 5.74) is 1.33. The van der Waals surface area contributed by atoms with E-state index in [-0.39, 0.29) is 11.3 Å². The third-order valence-electron chi connectivity index (χ3n) is 8.01. The number of rotatable bonds is 8. The first-order valence-electron chi connectivity index (χ1n) is 15.1. The molecule has 0 unspecified atom stereocenters. The molecule has 1 N–H and O–H groups in total. The fraction of sp³-hybridized carbons (Fsp3) is 0.265. The zero-order chi connectivity index (χ0) is 33.1. The number of nitrogens with zero attached hydrogens (tertiary/aromatic N) is 6. The van der Waals surface area contributed by atoms with Crippen LogP contribution in [0.2, 0.25) is 0 Å². The van der Waals surface area contributed by atoms with Crippen LogP contribution in [0.15, 0.2) is 83.8 Å². The Balaban J connectivity index is 1.35. The van der Waals surface area contributed by atoms with E-state index >= 15 is 0 Å². The number of morpholine rings is 1. The number of carbonyl (C=O) groups is 1. The molecule has 3 aromatic carbocycles. The standard InChI is InChI=1S/C34H32F3N7O3/c1-22-11-12-26(44(25-9-4-3-5-10-25)31(45)23-7-6-8-24(19-23)34(35,36)37)20-27(22)29-32(46)42(2)30-28(40-29)21-39-33(41-30)38-13-14-43-15-17-47-18-16-43/h3-12,19-21H,13-18H2,1-2H3,(H,38,39,41). The van der Waals surface area contributed by atoms with Crippen LogP contribution in [0.25, 0.3) is 22.4 Å². The zero-order valence-corrected chi connectivity index (χ0v) is 25.8. The Morgan fingerprint density at radius 2 is 1.74 bits per heavy atom. The highest BCUT2D eigenvalue weighted by Crippen LogP contribution is 2.34. The molecule has 47 heavy (non-hydrogen) atoms. The molecule has 3 heterocycles. The van der Waals surface area contributed by atoms with Crippen LogP contribution in [-0.4, -0.2) is 69.7 Å². The number of nitrogens with one attached hydrogen (secondary N) is 1. The summed E-state index contributed by atoms with van der Waals surface area (Å²) in [5, 5.41) is 3.21. The summed E-state index contributed by atoms with van der Waals surface area (Å²) in [6.45, 7) is 6.38. The third kappa shape index (κ3) is 6.86. The van der Waals surface area contributed by atoms with Gasteiger partial charge in [0.1, 0.15) is 11.2 Å². The second-order valence-electron chi connectivity index (χ2n) is 11.2. The van der Waals surface area contributed by atoms with Crippen LogP contribution in [-0.2, 0) is 18.0 Å². The monoisotopic (exact) mass is 643 g/mol. The first kappa shape index (κ1) is 31.8. The third-order valence-corrected chi connectivity index (χ3v) is 8.01. The average Bonchev–Trinajstić information content (AvgIpc) is 3.08. The minimum Gasteiger partial charge on any atom is -0.379 e. The van der Waals surface area contributed by atoms with Crippen LogP contribution in [0, 0.1) is 6.92 Å². The van der Waals surface area contributed by atoms with Crippen molar-refractivity contribution in [2.45, 2.75) is 13.1 Å². The van der Waals surface area contributed by atoms with Crippen molar-refractivity contribution in [3.63, 3.8) is 0 Å². The molecule has 0 saturated carbocycles. The fourth-order valence-electron chi connectivity index (χ4n) is 5.45. The van der Waals surface area contributed by atoms with Gasteiger partial charge < -0.3 is 10.1 Å². The molecule has 1 fully saturated rings. The van der Waals surface area contributed by atoms with Crippen molar-refractivity contribution < 1.29 is 22.7 Å². The summed E-state index contributed by atoms with van der Waals surface area (Å²) in [5.74, 6) is -0.293. The molecule has 13 heteroatoms. The Bertz CT molecular complexity index is 1980. The van der Waals surface area contributed by atoms with Gasteiger partial charge in [0.05, 0.1) is 25.0 Å². The molecule has 1 aliphatic rings. The van der Waals surface area contributed by atoms with Crippen molar-refractivity contribution in [1.29, 1.82) is 0 Å². The normalized spacial score (nSPS) is 13.9. The number of hydrogen-bond donors (Lipinski definition) is 1. The van der Waals surface area contributed by atoms with Crippen LogP contribution < -0.4 is 15.8 Å².